The van der Waals surface area contributed by atoms with Crippen LogP contribution < -0.4 is 0 Å². The summed E-state index contributed by atoms with van der Waals surface area (Å²) in [5, 5.41) is 55.3. The summed E-state index contributed by atoms with van der Waals surface area (Å²) in [6, 6.07) is 0. The van der Waals surface area contributed by atoms with Crippen LogP contribution in [-0.2, 0) is 9.47 Å². The molecule has 1 heterocycles. The summed E-state index contributed by atoms with van der Waals surface area (Å²) in [6.07, 6.45) is -5.58. The van der Waals surface area contributed by atoms with E-state index in [2.05, 4.69) is 9.47 Å². The van der Waals surface area contributed by atoms with Crippen molar-refractivity contribution in [2.75, 3.05) is 13.2 Å². The van der Waals surface area contributed by atoms with Gasteiger partial charge in [0.2, 0.25) is 0 Å². The number of ether oxygens (including phenoxy) is 2. The van der Waals surface area contributed by atoms with Crippen LogP contribution in [0.4, 0.5) is 0 Å². The zero-order valence-corrected chi connectivity index (χ0v) is 8.65. The van der Waals surface area contributed by atoms with E-state index in [0.717, 1.165) is 0 Å². The van der Waals surface area contributed by atoms with E-state index in [4.69, 9.17) is 10.2 Å². The van der Waals surface area contributed by atoms with Crippen molar-refractivity contribution in [3.63, 3.8) is 0 Å². The molecule has 0 amide bonds. The molecule has 0 aromatic heterocycles. The Labute approximate surface area is 91.3 Å². The van der Waals surface area contributed by atoms with E-state index >= 15 is 0 Å². The minimum atomic E-state index is -2.52. The van der Waals surface area contributed by atoms with Gasteiger partial charge in [0.05, 0.1) is 6.61 Å². The number of hydrogen-bond acceptors (Lipinski definition) is 8. The highest BCUT2D eigenvalue weighted by Gasteiger charge is 2.77. The number of aliphatic hydroxyl groups is 6. The summed E-state index contributed by atoms with van der Waals surface area (Å²) in [5.74, 6) is -4.92. The Morgan fingerprint density at radius 3 is 2.25 bits per heavy atom. The minimum absolute atomic E-state index is 0.00415. The van der Waals surface area contributed by atoms with Crippen molar-refractivity contribution >= 4 is 0 Å². The Bertz CT molecular complexity index is 248. The van der Waals surface area contributed by atoms with E-state index < -0.39 is 36.7 Å². The molecule has 5 atom stereocenters. The molecule has 0 radical (unpaired) electrons. The summed E-state index contributed by atoms with van der Waals surface area (Å²) >= 11 is 0. The van der Waals surface area contributed by atoms with Crippen LogP contribution in [0, 0.1) is 0 Å². The highest BCUT2D eigenvalue weighted by Crippen LogP contribution is 2.48. The van der Waals surface area contributed by atoms with E-state index in [1.165, 1.54) is 6.92 Å². The molecule has 16 heavy (non-hydrogen) atoms. The lowest BCUT2D eigenvalue weighted by atomic mass is 10.0. The maximum atomic E-state index is 9.56. The monoisotopic (exact) mass is 240 g/mol. The lowest BCUT2D eigenvalue weighted by Gasteiger charge is -2.24. The average Bonchev–Trinajstić information content (AvgIpc) is 2.79. The second kappa shape index (κ2) is 4.51. The first-order valence-electron chi connectivity index (χ1n) is 4.76. The molecular formula is C8H16O8. The third-order valence-corrected chi connectivity index (χ3v) is 2.35. The van der Waals surface area contributed by atoms with Crippen LogP contribution in [0.5, 0.6) is 0 Å². The first kappa shape index (κ1) is 13.7. The van der Waals surface area contributed by atoms with Gasteiger partial charge in [-0.2, -0.15) is 0 Å². The van der Waals surface area contributed by atoms with Crippen molar-refractivity contribution in [2.24, 2.45) is 0 Å². The highest BCUT2D eigenvalue weighted by molar-refractivity contribution is 5.02. The Morgan fingerprint density at radius 2 is 1.81 bits per heavy atom. The van der Waals surface area contributed by atoms with E-state index in [-0.39, 0.29) is 6.61 Å². The van der Waals surface area contributed by atoms with Gasteiger partial charge in [0.25, 0.3) is 5.79 Å². The molecule has 1 unspecified atom stereocenters. The van der Waals surface area contributed by atoms with Gasteiger partial charge in [-0.1, -0.05) is 0 Å². The van der Waals surface area contributed by atoms with E-state index in [9.17, 15) is 20.4 Å². The van der Waals surface area contributed by atoms with Crippen molar-refractivity contribution in [1.82, 2.24) is 0 Å². The van der Waals surface area contributed by atoms with Gasteiger partial charge in [0.15, 0.2) is 0 Å². The standard InChI is InChI=1S/C8H16O8/c1-2-15-8(14)7(13,16-8)6(12)5(11)4(10)3-9/h4-6,9-14H,2-3H2,1H3/t4-,5+,6+,7+,8?/m0/s1. The van der Waals surface area contributed by atoms with Crippen LogP contribution in [0.1, 0.15) is 6.92 Å². The number of hydrogen-bond donors (Lipinski definition) is 6. The summed E-state index contributed by atoms with van der Waals surface area (Å²) < 4.78 is 9.00. The van der Waals surface area contributed by atoms with Gasteiger partial charge in [-0.3, -0.25) is 4.74 Å². The number of rotatable bonds is 6. The smallest absolute Gasteiger partial charge is 0.343 e. The molecule has 1 rings (SSSR count). The van der Waals surface area contributed by atoms with Gasteiger partial charge < -0.3 is 35.4 Å². The first-order chi connectivity index (χ1) is 7.32. The molecule has 0 saturated carbocycles. The highest BCUT2D eigenvalue weighted by atomic mass is 17.0. The van der Waals surface area contributed by atoms with Crippen molar-refractivity contribution in [3.8, 4) is 0 Å². The Morgan fingerprint density at radius 1 is 1.25 bits per heavy atom. The predicted molar refractivity (Wildman–Crippen MR) is 47.7 cm³/mol. The fraction of sp³-hybridized carbons (Fsp3) is 1.00. The molecule has 0 aromatic carbocycles. The lowest BCUT2D eigenvalue weighted by molar-refractivity contribution is -0.217. The van der Waals surface area contributed by atoms with Crippen molar-refractivity contribution in [2.45, 2.75) is 37.0 Å². The summed E-state index contributed by atoms with van der Waals surface area (Å²) in [6.45, 7) is 0.705. The Kier molecular flexibility index (Phi) is 3.87. The molecule has 96 valence electrons. The molecule has 0 aromatic rings. The second-order valence-corrected chi connectivity index (χ2v) is 3.50. The maximum Gasteiger partial charge on any atom is 0.343 e. The molecule has 8 heteroatoms. The molecule has 1 fully saturated rings. The Balaban J connectivity index is 2.65. The van der Waals surface area contributed by atoms with Crippen LogP contribution in [0.2, 0.25) is 0 Å². The zero-order valence-electron chi connectivity index (χ0n) is 8.65. The number of epoxide rings is 1. The van der Waals surface area contributed by atoms with E-state index in [1.807, 2.05) is 0 Å². The summed E-state index contributed by atoms with van der Waals surface area (Å²) in [5.41, 5.74) is 0. The predicted octanol–water partition coefficient (Wildman–Crippen LogP) is -3.54. The van der Waals surface area contributed by atoms with E-state index in [1.54, 1.807) is 0 Å². The van der Waals surface area contributed by atoms with Gasteiger partial charge in [-0.15, -0.1) is 0 Å². The topological polar surface area (TPSA) is 143 Å². The van der Waals surface area contributed by atoms with Crippen LogP contribution in [0.3, 0.4) is 0 Å². The minimum Gasteiger partial charge on any atom is -0.394 e. The first-order valence-corrected chi connectivity index (χ1v) is 4.76. The fourth-order valence-electron chi connectivity index (χ4n) is 1.31. The zero-order chi connectivity index (χ0) is 12.6. The molecule has 1 aliphatic rings. The van der Waals surface area contributed by atoms with Gasteiger partial charge in [0, 0.05) is 6.61 Å². The van der Waals surface area contributed by atoms with Crippen molar-refractivity contribution in [3.05, 3.63) is 0 Å². The second-order valence-electron chi connectivity index (χ2n) is 3.50. The molecular weight excluding hydrogens is 224 g/mol. The third-order valence-electron chi connectivity index (χ3n) is 2.35. The number of aliphatic hydroxyl groups excluding tert-OH is 4. The average molecular weight is 240 g/mol. The van der Waals surface area contributed by atoms with Crippen LogP contribution in [0.15, 0.2) is 0 Å². The van der Waals surface area contributed by atoms with Crippen LogP contribution >= 0.6 is 0 Å². The summed E-state index contributed by atoms with van der Waals surface area (Å²) in [4.78, 5) is 0. The maximum absolute atomic E-state index is 9.56. The van der Waals surface area contributed by atoms with Gasteiger partial charge >= 0.3 is 5.97 Å². The quantitative estimate of drug-likeness (QED) is 0.207. The lowest BCUT2D eigenvalue weighted by Crippen LogP contribution is -2.51. The molecule has 6 N–H and O–H groups in total. The van der Waals surface area contributed by atoms with E-state index in [0.29, 0.717) is 0 Å². The molecule has 0 aliphatic carbocycles. The fourth-order valence-corrected chi connectivity index (χ4v) is 1.31. The van der Waals surface area contributed by atoms with Crippen molar-refractivity contribution < 1.29 is 40.1 Å². The molecule has 8 nitrogen and oxygen atoms in total. The molecule has 0 spiro atoms. The molecule has 1 saturated heterocycles. The summed E-state index contributed by atoms with van der Waals surface area (Å²) in [7, 11) is 0. The van der Waals surface area contributed by atoms with Crippen LogP contribution in [-0.4, -0.2) is 73.9 Å². The molecule has 0 bridgehead atoms. The van der Waals surface area contributed by atoms with Crippen LogP contribution in [0.25, 0.3) is 0 Å². The Hall–Kier alpha value is -0.320. The van der Waals surface area contributed by atoms with Gasteiger partial charge in [0.1, 0.15) is 18.3 Å². The van der Waals surface area contributed by atoms with Crippen molar-refractivity contribution in [1.29, 1.82) is 0 Å². The SMILES string of the molecule is CCOC1(O)O[C@]1(O)[C@H](O)[C@H](O)[C@@H](O)CO. The normalized spacial score (nSPS) is 39.2. The third kappa shape index (κ3) is 2.06. The molecule has 1 aliphatic heterocycles. The van der Waals surface area contributed by atoms with Gasteiger partial charge in [-0.25, -0.2) is 0 Å². The largest absolute Gasteiger partial charge is 0.394 e. The van der Waals surface area contributed by atoms with Gasteiger partial charge in [-0.05, 0) is 6.92 Å².